The van der Waals surface area contributed by atoms with E-state index in [4.69, 9.17) is 0 Å². The summed E-state index contributed by atoms with van der Waals surface area (Å²) in [5, 5.41) is 3.04. The zero-order chi connectivity index (χ0) is 19.4. The van der Waals surface area contributed by atoms with E-state index in [1.165, 1.54) is 5.56 Å². The molecule has 2 heterocycles. The fourth-order valence-electron chi connectivity index (χ4n) is 3.13. The van der Waals surface area contributed by atoms with Crippen molar-refractivity contribution >= 4 is 23.4 Å². The van der Waals surface area contributed by atoms with Gasteiger partial charge in [-0.2, -0.15) is 4.98 Å². The third-order valence-corrected chi connectivity index (χ3v) is 4.99. The number of aromatic nitrogens is 2. The van der Waals surface area contributed by atoms with E-state index < -0.39 is 0 Å². The number of carbonyl (C=O) groups excluding carboxylic acids is 1. The van der Waals surface area contributed by atoms with E-state index in [1.54, 1.807) is 6.20 Å². The van der Waals surface area contributed by atoms with Crippen LogP contribution in [0.2, 0.25) is 0 Å². The third kappa shape index (κ3) is 4.74. The van der Waals surface area contributed by atoms with Crippen molar-refractivity contribution in [3.63, 3.8) is 0 Å². The standard InChI is InChI=1S/C20H28N6O/c1-15-6-5-7-17(16(15)2)22-19(27)14-25-10-12-26(13-11-25)20-21-9-8-18(23-20)24(3)4/h5-9H,10-14H2,1-4H3,(H,22,27). The van der Waals surface area contributed by atoms with Gasteiger partial charge in [-0.05, 0) is 37.1 Å². The minimum Gasteiger partial charge on any atom is -0.363 e. The maximum atomic E-state index is 12.4. The summed E-state index contributed by atoms with van der Waals surface area (Å²) in [6.07, 6.45) is 1.79. The zero-order valence-electron chi connectivity index (χ0n) is 16.6. The molecule has 144 valence electrons. The van der Waals surface area contributed by atoms with Gasteiger partial charge in [0.2, 0.25) is 11.9 Å². The molecule has 1 amide bonds. The maximum absolute atomic E-state index is 12.4. The first-order chi connectivity index (χ1) is 12.9. The lowest BCUT2D eigenvalue weighted by Gasteiger charge is -2.34. The van der Waals surface area contributed by atoms with E-state index in [-0.39, 0.29) is 5.91 Å². The van der Waals surface area contributed by atoms with E-state index in [1.807, 2.05) is 44.1 Å². The van der Waals surface area contributed by atoms with Crippen LogP contribution in [0.3, 0.4) is 0 Å². The number of rotatable bonds is 5. The summed E-state index contributed by atoms with van der Waals surface area (Å²) in [6.45, 7) is 7.75. The van der Waals surface area contributed by atoms with Crippen molar-refractivity contribution in [3.8, 4) is 0 Å². The second kappa shape index (κ2) is 8.35. The number of hydrogen-bond donors (Lipinski definition) is 1. The Balaban J connectivity index is 1.53. The first-order valence-corrected chi connectivity index (χ1v) is 9.28. The van der Waals surface area contributed by atoms with Gasteiger partial charge in [-0.25, -0.2) is 4.98 Å². The Morgan fingerprint density at radius 3 is 2.59 bits per heavy atom. The van der Waals surface area contributed by atoms with E-state index in [9.17, 15) is 4.79 Å². The number of nitrogens with zero attached hydrogens (tertiary/aromatic N) is 5. The SMILES string of the molecule is Cc1cccc(NC(=O)CN2CCN(c3nccc(N(C)C)n3)CC2)c1C. The Hall–Kier alpha value is -2.67. The molecule has 1 N–H and O–H groups in total. The van der Waals surface area contributed by atoms with E-state index in [0.29, 0.717) is 6.54 Å². The number of hydrogen-bond acceptors (Lipinski definition) is 6. The van der Waals surface area contributed by atoms with Crippen molar-refractivity contribution in [2.75, 3.05) is 61.9 Å². The van der Waals surface area contributed by atoms with Crippen LogP contribution in [0.5, 0.6) is 0 Å². The molecule has 1 aliphatic rings. The van der Waals surface area contributed by atoms with Crippen LogP contribution in [0.4, 0.5) is 17.5 Å². The second-order valence-corrected chi connectivity index (χ2v) is 7.17. The molecule has 0 radical (unpaired) electrons. The summed E-state index contributed by atoms with van der Waals surface area (Å²) in [7, 11) is 3.94. The van der Waals surface area contributed by atoms with Crippen molar-refractivity contribution in [2.45, 2.75) is 13.8 Å². The van der Waals surface area contributed by atoms with Crippen molar-refractivity contribution in [2.24, 2.45) is 0 Å². The number of carbonyl (C=O) groups is 1. The topological polar surface area (TPSA) is 64.6 Å². The van der Waals surface area contributed by atoms with E-state index in [0.717, 1.165) is 49.2 Å². The van der Waals surface area contributed by atoms with Gasteiger partial charge in [-0.3, -0.25) is 9.69 Å². The summed E-state index contributed by atoms with van der Waals surface area (Å²) < 4.78 is 0. The molecule has 3 rings (SSSR count). The zero-order valence-corrected chi connectivity index (χ0v) is 16.6. The highest BCUT2D eigenvalue weighted by atomic mass is 16.2. The summed E-state index contributed by atoms with van der Waals surface area (Å²) in [6, 6.07) is 7.88. The van der Waals surface area contributed by atoms with Crippen molar-refractivity contribution in [1.29, 1.82) is 0 Å². The molecule has 0 spiro atoms. The number of anilines is 3. The summed E-state index contributed by atoms with van der Waals surface area (Å²) in [4.78, 5) is 27.7. The van der Waals surface area contributed by atoms with Gasteiger partial charge in [0.1, 0.15) is 5.82 Å². The number of amides is 1. The quantitative estimate of drug-likeness (QED) is 0.870. The van der Waals surface area contributed by atoms with Crippen LogP contribution >= 0.6 is 0 Å². The normalized spacial score (nSPS) is 14.9. The molecule has 2 aromatic rings. The number of benzene rings is 1. The Kier molecular flexibility index (Phi) is 5.91. The number of piperazine rings is 1. The minimum atomic E-state index is 0.0306. The maximum Gasteiger partial charge on any atom is 0.238 e. The Morgan fingerprint density at radius 1 is 1.15 bits per heavy atom. The predicted octanol–water partition coefficient (Wildman–Crippen LogP) is 1.92. The largest absolute Gasteiger partial charge is 0.363 e. The average molecular weight is 368 g/mol. The molecule has 0 unspecified atom stereocenters. The summed E-state index contributed by atoms with van der Waals surface area (Å²) >= 11 is 0. The minimum absolute atomic E-state index is 0.0306. The lowest BCUT2D eigenvalue weighted by molar-refractivity contribution is -0.117. The Labute approximate surface area is 161 Å². The lowest BCUT2D eigenvalue weighted by Crippen LogP contribution is -2.49. The molecule has 1 aromatic carbocycles. The van der Waals surface area contributed by atoms with Crippen LogP contribution in [0, 0.1) is 13.8 Å². The Bertz CT molecular complexity index is 799. The molecule has 1 fully saturated rings. The summed E-state index contributed by atoms with van der Waals surface area (Å²) in [5.74, 6) is 1.68. The molecule has 0 bridgehead atoms. The van der Waals surface area contributed by atoms with Gasteiger partial charge in [0, 0.05) is 52.2 Å². The van der Waals surface area contributed by atoms with Crippen LogP contribution in [0.1, 0.15) is 11.1 Å². The average Bonchev–Trinajstić information content (AvgIpc) is 2.66. The first-order valence-electron chi connectivity index (χ1n) is 9.28. The molecule has 0 saturated carbocycles. The van der Waals surface area contributed by atoms with Crippen LogP contribution in [0.15, 0.2) is 30.5 Å². The van der Waals surface area contributed by atoms with Crippen LogP contribution in [-0.2, 0) is 4.79 Å². The van der Waals surface area contributed by atoms with E-state index >= 15 is 0 Å². The van der Waals surface area contributed by atoms with Gasteiger partial charge in [0.15, 0.2) is 0 Å². The monoisotopic (exact) mass is 368 g/mol. The fraction of sp³-hybridized carbons (Fsp3) is 0.450. The molecule has 27 heavy (non-hydrogen) atoms. The van der Waals surface area contributed by atoms with Gasteiger partial charge < -0.3 is 15.1 Å². The molecule has 1 saturated heterocycles. The molecule has 1 aromatic heterocycles. The smallest absolute Gasteiger partial charge is 0.238 e. The van der Waals surface area contributed by atoms with Crippen LogP contribution in [-0.4, -0.2) is 67.6 Å². The number of aryl methyl sites for hydroxylation is 1. The third-order valence-electron chi connectivity index (χ3n) is 4.99. The molecule has 1 aliphatic heterocycles. The molecule has 0 aliphatic carbocycles. The summed E-state index contributed by atoms with van der Waals surface area (Å²) in [5.41, 5.74) is 3.20. The second-order valence-electron chi connectivity index (χ2n) is 7.17. The highest BCUT2D eigenvalue weighted by Crippen LogP contribution is 2.18. The van der Waals surface area contributed by atoms with Crippen LogP contribution < -0.4 is 15.1 Å². The van der Waals surface area contributed by atoms with Crippen molar-refractivity contribution in [1.82, 2.24) is 14.9 Å². The van der Waals surface area contributed by atoms with Gasteiger partial charge in [0.25, 0.3) is 0 Å². The lowest BCUT2D eigenvalue weighted by atomic mass is 10.1. The fourth-order valence-corrected chi connectivity index (χ4v) is 3.13. The highest BCUT2D eigenvalue weighted by Gasteiger charge is 2.21. The first kappa shape index (κ1) is 19.1. The molecular weight excluding hydrogens is 340 g/mol. The van der Waals surface area contributed by atoms with E-state index in [2.05, 4.69) is 38.1 Å². The molecule has 7 heteroatoms. The Morgan fingerprint density at radius 2 is 1.89 bits per heavy atom. The van der Waals surface area contributed by atoms with Crippen molar-refractivity contribution < 1.29 is 4.79 Å². The van der Waals surface area contributed by atoms with Crippen LogP contribution in [0.25, 0.3) is 0 Å². The van der Waals surface area contributed by atoms with Gasteiger partial charge in [0.05, 0.1) is 6.54 Å². The predicted molar refractivity (Wildman–Crippen MR) is 110 cm³/mol. The highest BCUT2D eigenvalue weighted by molar-refractivity contribution is 5.93. The molecular formula is C20H28N6O. The molecule has 7 nitrogen and oxygen atoms in total. The van der Waals surface area contributed by atoms with Gasteiger partial charge in [-0.1, -0.05) is 12.1 Å². The molecule has 0 atom stereocenters. The van der Waals surface area contributed by atoms with Crippen molar-refractivity contribution in [3.05, 3.63) is 41.6 Å². The van der Waals surface area contributed by atoms with Gasteiger partial charge >= 0.3 is 0 Å². The van der Waals surface area contributed by atoms with Gasteiger partial charge in [-0.15, -0.1) is 0 Å². The number of nitrogens with one attached hydrogen (secondary N) is 1.